The first-order chi connectivity index (χ1) is 13.6. The Morgan fingerprint density at radius 3 is 2.21 bits per heavy atom. The molecule has 0 spiro atoms. The Labute approximate surface area is 164 Å². The molecule has 0 amide bonds. The van der Waals surface area contributed by atoms with Gasteiger partial charge in [0.15, 0.2) is 0 Å². The number of hydrogen-bond acceptors (Lipinski definition) is 5. The monoisotopic (exact) mass is 378 g/mol. The predicted octanol–water partition coefficient (Wildman–Crippen LogP) is 4.07. The molecule has 0 radical (unpaired) electrons. The van der Waals surface area contributed by atoms with Crippen molar-refractivity contribution in [3.8, 4) is 17.6 Å². The van der Waals surface area contributed by atoms with Gasteiger partial charge >= 0.3 is 5.97 Å². The van der Waals surface area contributed by atoms with E-state index in [-0.39, 0.29) is 5.56 Å². The van der Waals surface area contributed by atoms with E-state index in [9.17, 15) is 10.1 Å². The lowest BCUT2D eigenvalue weighted by Crippen LogP contribution is -2.18. The second-order valence-corrected chi connectivity index (χ2v) is 6.51. The molecule has 0 unspecified atom stereocenters. The van der Waals surface area contributed by atoms with E-state index in [0.717, 1.165) is 42.9 Å². The van der Waals surface area contributed by atoms with E-state index in [1.54, 1.807) is 32.4 Å². The molecule has 6 nitrogen and oxygen atoms in total. The van der Waals surface area contributed by atoms with Crippen LogP contribution in [0.2, 0.25) is 0 Å². The molecular formula is C22H22N2O4. The summed E-state index contributed by atoms with van der Waals surface area (Å²) in [5.74, 6) is 0.378. The van der Waals surface area contributed by atoms with Crippen molar-refractivity contribution in [2.45, 2.75) is 12.8 Å². The maximum atomic E-state index is 11.0. The number of ether oxygens (including phenoxy) is 2. The quantitative estimate of drug-likeness (QED) is 0.603. The highest BCUT2D eigenvalue weighted by Crippen LogP contribution is 2.38. The van der Waals surface area contributed by atoms with E-state index in [1.165, 1.54) is 12.1 Å². The van der Waals surface area contributed by atoms with Crippen LogP contribution in [0.5, 0.6) is 11.5 Å². The van der Waals surface area contributed by atoms with Gasteiger partial charge in [-0.1, -0.05) is 12.1 Å². The van der Waals surface area contributed by atoms with E-state index in [1.807, 2.05) is 12.1 Å². The number of anilines is 1. The molecule has 2 aromatic rings. The summed E-state index contributed by atoms with van der Waals surface area (Å²) in [4.78, 5) is 13.3. The van der Waals surface area contributed by atoms with Crippen molar-refractivity contribution < 1.29 is 19.4 Å². The topological polar surface area (TPSA) is 82.8 Å². The summed E-state index contributed by atoms with van der Waals surface area (Å²) < 4.78 is 11.1. The fraction of sp³-hybridized carbons (Fsp3) is 0.273. The molecule has 6 heteroatoms. The van der Waals surface area contributed by atoms with Gasteiger partial charge in [-0.3, -0.25) is 0 Å². The van der Waals surface area contributed by atoms with Crippen LogP contribution in [0.1, 0.15) is 34.3 Å². The van der Waals surface area contributed by atoms with Crippen LogP contribution in [0.15, 0.2) is 36.4 Å². The van der Waals surface area contributed by atoms with Crippen molar-refractivity contribution in [1.29, 1.82) is 5.26 Å². The van der Waals surface area contributed by atoms with E-state index >= 15 is 0 Å². The number of benzene rings is 2. The largest absolute Gasteiger partial charge is 0.496 e. The van der Waals surface area contributed by atoms with Crippen molar-refractivity contribution in [1.82, 2.24) is 0 Å². The van der Waals surface area contributed by atoms with Crippen LogP contribution in [-0.2, 0) is 0 Å². The molecule has 1 N–H and O–H groups in total. The number of hydrogen-bond donors (Lipinski definition) is 1. The highest BCUT2D eigenvalue weighted by molar-refractivity contribution is 5.93. The number of allylic oxidation sites excluding steroid dienone is 1. The number of aromatic carboxylic acids is 1. The lowest BCUT2D eigenvalue weighted by atomic mass is 10.0. The van der Waals surface area contributed by atoms with Crippen LogP contribution < -0.4 is 14.4 Å². The average Bonchev–Trinajstić information content (AvgIpc) is 3.26. The van der Waals surface area contributed by atoms with Gasteiger partial charge in [-0.15, -0.1) is 0 Å². The third-order valence-corrected chi connectivity index (χ3v) is 4.84. The number of nitrogens with zero attached hydrogens (tertiary/aromatic N) is 2. The van der Waals surface area contributed by atoms with E-state index < -0.39 is 5.97 Å². The zero-order chi connectivity index (χ0) is 20.1. The Morgan fingerprint density at radius 1 is 1.07 bits per heavy atom. The molecule has 144 valence electrons. The highest BCUT2D eigenvalue weighted by atomic mass is 16.5. The van der Waals surface area contributed by atoms with Gasteiger partial charge in [0.05, 0.1) is 37.1 Å². The highest BCUT2D eigenvalue weighted by Gasteiger charge is 2.19. The lowest BCUT2D eigenvalue weighted by molar-refractivity contribution is 0.0697. The molecule has 28 heavy (non-hydrogen) atoms. The Kier molecular flexibility index (Phi) is 5.85. The molecule has 1 fully saturated rings. The summed E-state index contributed by atoms with van der Waals surface area (Å²) in [5, 5.41) is 18.7. The first kappa shape index (κ1) is 19.3. The summed E-state index contributed by atoms with van der Waals surface area (Å²) in [7, 11) is 3.23. The van der Waals surface area contributed by atoms with Gasteiger partial charge in [0.2, 0.25) is 0 Å². The number of carboxylic acid groups (broad SMARTS) is 1. The molecule has 0 bridgehead atoms. The van der Waals surface area contributed by atoms with Gasteiger partial charge in [-0.05, 0) is 42.7 Å². The predicted molar refractivity (Wildman–Crippen MR) is 108 cm³/mol. The van der Waals surface area contributed by atoms with Crippen molar-refractivity contribution in [2.75, 3.05) is 32.2 Å². The van der Waals surface area contributed by atoms with Crippen molar-refractivity contribution in [3.63, 3.8) is 0 Å². The minimum Gasteiger partial charge on any atom is -0.496 e. The Bertz CT molecular complexity index is 936. The summed E-state index contributed by atoms with van der Waals surface area (Å²) in [6.45, 7) is 1.96. The SMILES string of the molecule is COc1cc(N2CCCC2)c(OC)cc1/C=C(/C#N)c1ccc(C(=O)O)cc1. The van der Waals surface area contributed by atoms with Gasteiger partial charge in [0.1, 0.15) is 11.5 Å². The number of rotatable bonds is 6. The summed E-state index contributed by atoms with van der Waals surface area (Å²) in [5.41, 5.74) is 2.93. The van der Waals surface area contributed by atoms with Gasteiger partial charge in [0.25, 0.3) is 0 Å². The van der Waals surface area contributed by atoms with Crippen LogP contribution in [0.4, 0.5) is 5.69 Å². The average molecular weight is 378 g/mol. The van der Waals surface area contributed by atoms with Gasteiger partial charge in [-0.2, -0.15) is 5.26 Å². The van der Waals surface area contributed by atoms with E-state index in [4.69, 9.17) is 14.6 Å². The molecule has 0 saturated carbocycles. The number of carboxylic acids is 1. The summed E-state index contributed by atoms with van der Waals surface area (Å²) in [6, 6.07) is 12.2. The number of methoxy groups -OCH3 is 2. The standard InChI is InChI=1S/C22H22N2O4/c1-27-20-13-19(24-9-3-4-10-24)21(28-2)12-17(20)11-18(14-23)15-5-7-16(8-6-15)22(25)26/h5-8,11-13H,3-4,9-10H2,1-2H3,(H,25,26)/b18-11-. The van der Waals surface area contributed by atoms with Gasteiger partial charge in [0, 0.05) is 24.7 Å². The summed E-state index contributed by atoms with van der Waals surface area (Å²) in [6.07, 6.45) is 4.03. The van der Waals surface area contributed by atoms with Gasteiger partial charge in [-0.25, -0.2) is 4.79 Å². The first-order valence-electron chi connectivity index (χ1n) is 9.04. The fourth-order valence-electron chi connectivity index (χ4n) is 3.35. The molecule has 3 rings (SSSR count). The molecule has 0 aliphatic carbocycles. The normalized spacial score (nSPS) is 13.9. The molecule has 1 saturated heterocycles. The van der Waals surface area contributed by atoms with Crippen molar-refractivity contribution in [3.05, 3.63) is 53.1 Å². The number of carbonyl (C=O) groups is 1. The molecule has 0 aromatic heterocycles. The van der Waals surface area contributed by atoms with E-state index in [2.05, 4.69) is 11.0 Å². The third-order valence-electron chi connectivity index (χ3n) is 4.84. The molecule has 1 aliphatic rings. The Morgan fingerprint density at radius 2 is 1.68 bits per heavy atom. The molecule has 2 aromatic carbocycles. The maximum absolute atomic E-state index is 11.0. The van der Waals surface area contributed by atoms with Crippen LogP contribution in [0.3, 0.4) is 0 Å². The van der Waals surface area contributed by atoms with Crippen LogP contribution in [-0.4, -0.2) is 38.4 Å². The van der Waals surface area contributed by atoms with Crippen LogP contribution in [0, 0.1) is 11.3 Å². The Balaban J connectivity index is 2.02. The zero-order valence-corrected chi connectivity index (χ0v) is 15.9. The number of nitriles is 1. The molecule has 1 heterocycles. The Hall–Kier alpha value is -3.46. The molecular weight excluding hydrogens is 356 g/mol. The lowest BCUT2D eigenvalue weighted by Gasteiger charge is -2.22. The van der Waals surface area contributed by atoms with E-state index in [0.29, 0.717) is 16.9 Å². The minimum atomic E-state index is -1.00. The molecule has 0 atom stereocenters. The summed E-state index contributed by atoms with van der Waals surface area (Å²) >= 11 is 0. The fourth-order valence-corrected chi connectivity index (χ4v) is 3.35. The minimum absolute atomic E-state index is 0.176. The first-order valence-corrected chi connectivity index (χ1v) is 9.04. The van der Waals surface area contributed by atoms with Crippen molar-refractivity contribution in [2.24, 2.45) is 0 Å². The molecule has 1 aliphatic heterocycles. The second-order valence-electron chi connectivity index (χ2n) is 6.51. The van der Waals surface area contributed by atoms with Crippen molar-refractivity contribution >= 4 is 23.3 Å². The second kappa shape index (κ2) is 8.49. The van der Waals surface area contributed by atoms with Crippen LogP contribution in [0.25, 0.3) is 11.6 Å². The third kappa shape index (κ3) is 3.94. The maximum Gasteiger partial charge on any atom is 0.335 e. The smallest absolute Gasteiger partial charge is 0.335 e. The zero-order valence-electron chi connectivity index (χ0n) is 15.9. The van der Waals surface area contributed by atoms with Crippen LogP contribution >= 0.6 is 0 Å². The van der Waals surface area contributed by atoms with Gasteiger partial charge < -0.3 is 19.5 Å².